The average molecular weight is 401 g/mol. The van der Waals surface area contributed by atoms with Gasteiger partial charge < -0.3 is 10.0 Å². The number of halogens is 3. The largest absolute Gasteiger partial charge is 0.506 e. The maximum Gasteiger partial charge on any atom is 0.416 e. The molecule has 4 rings (SSSR count). The van der Waals surface area contributed by atoms with Crippen LogP contribution in [-0.2, 0) is 6.18 Å². The fourth-order valence-electron chi connectivity index (χ4n) is 3.50. The van der Waals surface area contributed by atoms with Crippen molar-refractivity contribution in [3.63, 3.8) is 0 Å². The van der Waals surface area contributed by atoms with Crippen LogP contribution in [0, 0.1) is 20.8 Å². The van der Waals surface area contributed by atoms with Gasteiger partial charge in [-0.1, -0.05) is 23.9 Å². The number of anilines is 3. The van der Waals surface area contributed by atoms with Crippen LogP contribution in [0.4, 0.5) is 30.2 Å². The number of fused-ring (bicyclic) bond motifs is 2. The van der Waals surface area contributed by atoms with Crippen LogP contribution in [0.5, 0.6) is 5.75 Å². The van der Waals surface area contributed by atoms with E-state index in [4.69, 9.17) is 0 Å². The van der Waals surface area contributed by atoms with Crippen LogP contribution in [0.15, 0.2) is 58.3 Å². The van der Waals surface area contributed by atoms with Crippen LogP contribution in [-0.4, -0.2) is 5.11 Å². The van der Waals surface area contributed by atoms with Gasteiger partial charge in [0.15, 0.2) is 0 Å². The van der Waals surface area contributed by atoms with Gasteiger partial charge in [0.1, 0.15) is 5.75 Å². The number of phenols is 1. The van der Waals surface area contributed by atoms with Crippen LogP contribution >= 0.6 is 11.8 Å². The topological polar surface area (TPSA) is 23.5 Å². The molecule has 1 heterocycles. The van der Waals surface area contributed by atoms with Crippen LogP contribution in [0.25, 0.3) is 0 Å². The molecule has 6 heteroatoms. The first kappa shape index (κ1) is 18.7. The van der Waals surface area contributed by atoms with Crippen molar-refractivity contribution < 1.29 is 18.3 Å². The third kappa shape index (κ3) is 2.92. The Morgan fingerprint density at radius 3 is 2.25 bits per heavy atom. The first-order valence-corrected chi connectivity index (χ1v) is 9.58. The Morgan fingerprint density at radius 1 is 0.857 bits per heavy atom. The summed E-state index contributed by atoms with van der Waals surface area (Å²) in [6.45, 7) is 5.74. The van der Waals surface area contributed by atoms with Crippen molar-refractivity contribution in [2.75, 3.05) is 4.90 Å². The van der Waals surface area contributed by atoms with Gasteiger partial charge >= 0.3 is 6.18 Å². The summed E-state index contributed by atoms with van der Waals surface area (Å²) in [5.74, 6) is 0.0469. The number of nitrogens with zero attached hydrogens (tertiary/aromatic N) is 1. The lowest BCUT2D eigenvalue weighted by molar-refractivity contribution is -0.137. The fraction of sp³-hybridized carbons (Fsp3) is 0.182. The van der Waals surface area contributed by atoms with Gasteiger partial charge in [0.25, 0.3) is 0 Å². The van der Waals surface area contributed by atoms with Crippen molar-refractivity contribution in [1.29, 1.82) is 0 Å². The molecule has 0 bridgehead atoms. The summed E-state index contributed by atoms with van der Waals surface area (Å²) < 4.78 is 40.2. The number of aromatic hydroxyl groups is 1. The number of rotatable bonds is 1. The molecule has 0 fully saturated rings. The van der Waals surface area contributed by atoms with E-state index in [1.807, 2.05) is 45.0 Å². The first-order chi connectivity index (χ1) is 13.2. The van der Waals surface area contributed by atoms with Crippen molar-refractivity contribution in [2.24, 2.45) is 0 Å². The monoisotopic (exact) mass is 401 g/mol. The maximum atomic E-state index is 13.4. The molecule has 0 saturated carbocycles. The van der Waals surface area contributed by atoms with Crippen molar-refractivity contribution in [2.45, 2.75) is 36.7 Å². The van der Waals surface area contributed by atoms with Crippen molar-refractivity contribution in [3.05, 3.63) is 70.8 Å². The molecular formula is C22H18F3NOS. The van der Waals surface area contributed by atoms with Crippen LogP contribution in [0.1, 0.15) is 22.3 Å². The van der Waals surface area contributed by atoms with Gasteiger partial charge in [-0.3, -0.25) is 0 Å². The predicted molar refractivity (Wildman–Crippen MR) is 106 cm³/mol. The van der Waals surface area contributed by atoms with E-state index in [-0.39, 0.29) is 5.75 Å². The molecule has 0 radical (unpaired) electrons. The SMILES string of the molecule is Cc1cc(O)c(N2c3ccccc3Sc3ccc(C(F)(F)F)cc32)c(C)c1C. The molecule has 3 aromatic carbocycles. The van der Waals surface area contributed by atoms with E-state index in [1.165, 1.54) is 17.8 Å². The summed E-state index contributed by atoms with van der Waals surface area (Å²) in [6, 6.07) is 13.0. The molecule has 1 aliphatic heterocycles. The van der Waals surface area contributed by atoms with Crippen molar-refractivity contribution >= 4 is 28.8 Å². The minimum atomic E-state index is -4.44. The molecule has 1 aliphatic rings. The third-order valence-electron chi connectivity index (χ3n) is 5.18. The zero-order valence-corrected chi connectivity index (χ0v) is 16.4. The zero-order valence-electron chi connectivity index (χ0n) is 15.6. The number of aryl methyl sites for hydroxylation is 1. The summed E-state index contributed by atoms with van der Waals surface area (Å²) in [4.78, 5) is 3.38. The molecule has 3 aromatic rings. The lowest BCUT2D eigenvalue weighted by Crippen LogP contribution is -2.18. The van der Waals surface area contributed by atoms with Gasteiger partial charge in [-0.05, 0) is 73.9 Å². The van der Waals surface area contributed by atoms with Crippen molar-refractivity contribution in [1.82, 2.24) is 0 Å². The Kier molecular flexibility index (Phi) is 4.34. The van der Waals surface area contributed by atoms with Gasteiger partial charge in [0.2, 0.25) is 0 Å². The smallest absolute Gasteiger partial charge is 0.416 e. The van der Waals surface area contributed by atoms with Gasteiger partial charge in [-0.15, -0.1) is 0 Å². The van der Waals surface area contributed by atoms with E-state index in [9.17, 15) is 18.3 Å². The van der Waals surface area contributed by atoms with E-state index in [0.29, 0.717) is 16.3 Å². The Hall–Kier alpha value is -2.60. The van der Waals surface area contributed by atoms with E-state index in [1.54, 1.807) is 11.0 Å². The number of phenolic OH excluding ortho intramolecular Hbond substituents is 1. The van der Waals surface area contributed by atoms with E-state index in [0.717, 1.165) is 39.4 Å². The summed E-state index contributed by atoms with van der Waals surface area (Å²) >= 11 is 1.43. The zero-order chi connectivity index (χ0) is 20.2. The minimum absolute atomic E-state index is 0.0469. The molecule has 2 nitrogen and oxygen atoms in total. The normalized spacial score (nSPS) is 13.3. The maximum absolute atomic E-state index is 13.4. The summed E-state index contributed by atoms with van der Waals surface area (Å²) in [6.07, 6.45) is -4.44. The second kappa shape index (κ2) is 6.48. The van der Waals surface area contributed by atoms with E-state index in [2.05, 4.69) is 0 Å². The Balaban J connectivity index is 2.04. The third-order valence-corrected chi connectivity index (χ3v) is 6.31. The molecule has 0 spiro atoms. The summed E-state index contributed by atoms with van der Waals surface area (Å²) in [5, 5.41) is 10.8. The molecule has 0 aromatic heterocycles. The van der Waals surface area contributed by atoms with Gasteiger partial charge in [-0.2, -0.15) is 13.2 Å². The fourth-order valence-corrected chi connectivity index (χ4v) is 4.54. The summed E-state index contributed by atoms with van der Waals surface area (Å²) in [7, 11) is 0. The Morgan fingerprint density at radius 2 is 1.54 bits per heavy atom. The second-order valence-corrected chi connectivity index (χ2v) is 7.98. The van der Waals surface area contributed by atoms with Gasteiger partial charge in [-0.25, -0.2) is 0 Å². The number of para-hydroxylation sites is 1. The highest BCUT2D eigenvalue weighted by molar-refractivity contribution is 7.99. The molecule has 0 aliphatic carbocycles. The first-order valence-electron chi connectivity index (χ1n) is 8.76. The van der Waals surface area contributed by atoms with Crippen LogP contribution in [0.3, 0.4) is 0 Å². The highest BCUT2D eigenvalue weighted by Crippen LogP contribution is 2.55. The lowest BCUT2D eigenvalue weighted by Gasteiger charge is -2.35. The van der Waals surface area contributed by atoms with E-state index >= 15 is 0 Å². The molecule has 0 amide bonds. The molecule has 144 valence electrons. The quantitative estimate of drug-likeness (QED) is 0.363. The van der Waals surface area contributed by atoms with Crippen molar-refractivity contribution in [3.8, 4) is 5.75 Å². The number of hydrogen-bond donors (Lipinski definition) is 1. The standard InChI is InChI=1S/C22H18F3NOS/c1-12-10-18(27)21(14(3)13(12)2)26-16-6-4-5-7-19(16)28-20-9-8-15(11-17(20)26)22(23,24)25/h4-11,27H,1-3H3. The molecule has 1 N–H and O–H groups in total. The molecule has 0 unspecified atom stereocenters. The van der Waals surface area contributed by atoms with Crippen LogP contribution < -0.4 is 4.90 Å². The molecule has 0 saturated heterocycles. The van der Waals surface area contributed by atoms with Gasteiger partial charge in [0, 0.05) is 9.79 Å². The number of alkyl halides is 3. The Bertz CT molecular complexity index is 1090. The highest BCUT2D eigenvalue weighted by atomic mass is 32.2. The minimum Gasteiger partial charge on any atom is -0.506 e. The lowest BCUT2D eigenvalue weighted by atomic mass is 9.99. The summed E-state index contributed by atoms with van der Waals surface area (Å²) in [5.41, 5.74) is 3.73. The second-order valence-electron chi connectivity index (χ2n) is 6.90. The average Bonchev–Trinajstić information content (AvgIpc) is 2.64. The number of hydrogen-bond acceptors (Lipinski definition) is 3. The van der Waals surface area contributed by atoms with Gasteiger partial charge in [0.05, 0.1) is 22.6 Å². The highest BCUT2D eigenvalue weighted by Gasteiger charge is 2.34. The number of benzene rings is 3. The van der Waals surface area contributed by atoms with Crippen LogP contribution in [0.2, 0.25) is 0 Å². The Labute approximate surface area is 165 Å². The molecule has 28 heavy (non-hydrogen) atoms. The van der Waals surface area contributed by atoms with E-state index < -0.39 is 11.7 Å². The molecule has 0 atom stereocenters. The molecular weight excluding hydrogens is 383 g/mol. The predicted octanol–water partition coefficient (Wildman–Crippen LogP) is 7.27.